The molecule has 3 heteroatoms. The highest BCUT2D eigenvalue weighted by Crippen LogP contribution is 2.19. The molecule has 0 atom stereocenters. The molecular formula is C21H26N2O. The van der Waals surface area contributed by atoms with Crippen LogP contribution in [0.3, 0.4) is 0 Å². The second kappa shape index (κ2) is 7.29. The quantitative estimate of drug-likeness (QED) is 0.807. The summed E-state index contributed by atoms with van der Waals surface area (Å²) >= 11 is 0. The molecule has 3 nitrogen and oxygen atoms in total. The normalized spacial score (nSPS) is 16.3. The molecule has 0 saturated carbocycles. The molecule has 1 aliphatic heterocycles. The highest BCUT2D eigenvalue weighted by Gasteiger charge is 2.17. The van der Waals surface area contributed by atoms with Gasteiger partial charge in [-0.15, -0.1) is 0 Å². The summed E-state index contributed by atoms with van der Waals surface area (Å²) in [6.07, 6.45) is 0. The van der Waals surface area contributed by atoms with Crippen molar-refractivity contribution in [2.75, 3.05) is 33.2 Å². The van der Waals surface area contributed by atoms with Gasteiger partial charge in [-0.25, -0.2) is 0 Å². The lowest BCUT2D eigenvalue weighted by atomic mass is 9.94. The fourth-order valence-corrected chi connectivity index (χ4v) is 3.39. The van der Waals surface area contributed by atoms with Gasteiger partial charge in [0.05, 0.1) is 0 Å². The van der Waals surface area contributed by atoms with E-state index in [2.05, 4.69) is 29.0 Å². The lowest BCUT2D eigenvalue weighted by Gasteiger charge is -2.32. The minimum atomic E-state index is 0.130. The summed E-state index contributed by atoms with van der Waals surface area (Å²) in [4.78, 5) is 17.8. The monoisotopic (exact) mass is 322 g/mol. The molecule has 3 rings (SSSR count). The van der Waals surface area contributed by atoms with Gasteiger partial charge in [0.15, 0.2) is 5.78 Å². The first-order valence-corrected chi connectivity index (χ1v) is 8.65. The largest absolute Gasteiger partial charge is 0.304 e. The maximum absolute atomic E-state index is 13.0. The number of likely N-dealkylation sites (N-methyl/N-ethyl adjacent to an activating group) is 1. The first kappa shape index (κ1) is 16.9. The van der Waals surface area contributed by atoms with Gasteiger partial charge in [0.2, 0.25) is 0 Å². The summed E-state index contributed by atoms with van der Waals surface area (Å²) < 4.78 is 0. The molecule has 0 aliphatic carbocycles. The van der Waals surface area contributed by atoms with Crippen LogP contribution in [0.4, 0.5) is 0 Å². The van der Waals surface area contributed by atoms with Crippen molar-refractivity contribution in [3.8, 4) is 0 Å². The predicted octanol–water partition coefficient (Wildman–Crippen LogP) is 3.28. The number of ketones is 1. The van der Waals surface area contributed by atoms with E-state index in [0.717, 1.165) is 55.0 Å². The van der Waals surface area contributed by atoms with Gasteiger partial charge in [-0.2, -0.15) is 0 Å². The Morgan fingerprint density at radius 1 is 0.958 bits per heavy atom. The van der Waals surface area contributed by atoms with Gasteiger partial charge in [-0.3, -0.25) is 9.69 Å². The molecule has 2 aromatic rings. The molecule has 2 aromatic carbocycles. The first-order chi connectivity index (χ1) is 11.5. The molecular weight excluding hydrogens is 296 g/mol. The lowest BCUT2D eigenvalue weighted by molar-refractivity contribution is 0.103. The molecule has 1 aliphatic rings. The van der Waals surface area contributed by atoms with Crippen LogP contribution in [0.1, 0.15) is 32.6 Å². The van der Waals surface area contributed by atoms with Gasteiger partial charge in [0, 0.05) is 43.9 Å². The summed E-state index contributed by atoms with van der Waals surface area (Å²) in [6, 6.07) is 14.1. The SMILES string of the molecule is Cc1cccc(C)c1C(=O)c1cccc(CN2CCN(C)CC2)c1. The van der Waals surface area contributed by atoms with Crippen molar-refractivity contribution >= 4 is 5.78 Å². The number of benzene rings is 2. The third kappa shape index (κ3) is 3.74. The van der Waals surface area contributed by atoms with Crippen LogP contribution in [0.2, 0.25) is 0 Å². The van der Waals surface area contributed by atoms with Crippen molar-refractivity contribution in [2.45, 2.75) is 20.4 Å². The van der Waals surface area contributed by atoms with Gasteiger partial charge in [-0.05, 0) is 43.7 Å². The smallest absolute Gasteiger partial charge is 0.193 e. The van der Waals surface area contributed by atoms with Crippen molar-refractivity contribution in [1.82, 2.24) is 9.80 Å². The van der Waals surface area contributed by atoms with Gasteiger partial charge in [0.1, 0.15) is 0 Å². The number of carbonyl (C=O) groups excluding carboxylic acids is 1. The van der Waals surface area contributed by atoms with E-state index in [4.69, 9.17) is 0 Å². The average Bonchev–Trinajstić information content (AvgIpc) is 2.57. The van der Waals surface area contributed by atoms with Crippen LogP contribution in [0, 0.1) is 13.8 Å². The predicted molar refractivity (Wildman–Crippen MR) is 98.6 cm³/mol. The molecule has 1 heterocycles. The van der Waals surface area contributed by atoms with Crippen LogP contribution in [-0.2, 0) is 6.54 Å². The topological polar surface area (TPSA) is 23.6 Å². The number of hydrogen-bond acceptors (Lipinski definition) is 3. The van der Waals surface area contributed by atoms with Crippen LogP contribution in [0.25, 0.3) is 0 Å². The standard InChI is InChI=1S/C21H26N2O/c1-16-6-4-7-17(2)20(16)21(24)19-9-5-8-18(14-19)15-23-12-10-22(3)11-13-23/h4-9,14H,10-13,15H2,1-3H3. The van der Waals surface area contributed by atoms with Gasteiger partial charge in [0.25, 0.3) is 0 Å². The zero-order valence-corrected chi connectivity index (χ0v) is 14.9. The summed E-state index contributed by atoms with van der Waals surface area (Å²) in [5, 5.41) is 0. The van der Waals surface area contributed by atoms with E-state index in [-0.39, 0.29) is 5.78 Å². The Bertz CT molecular complexity index is 710. The molecule has 1 saturated heterocycles. The summed E-state index contributed by atoms with van der Waals surface area (Å²) in [5.74, 6) is 0.130. The zero-order valence-electron chi connectivity index (χ0n) is 14.9. The Morgan fingerprint density at radius 2 is 1.58 bits per heavy atom. The maximum atomic E-state index is 13.0. The Balaban J connectivity index is 1.79. The minimum Gasteiger partial charge on any atom is -0.304 e. The Hall–Kier alpha value is -1.97. The first-order valence-electron chi connectivity index (χ1n) is 8.65. The van der Waals surface area contributed by atoms with Crippen LogP contribution in [0.5, 0.6) is 0 Å². The fraction of sp³-hybridized carbons (Fsp3) is 0.381. The van der Waals surface area contributed by atoms with Crippen molar-refractivity contribution < 1.29 is 4.79 Å². The number of piperazine rings is 1. The fourth-order valence-electron chi connectivity index (χ4n) is 3.39. The highest BCUT2D eigenvalue weighted by molar-refractivity contribution is 6.10. The summed E-state index contributed by atoms with van der Waals surface area (Å²) in [7, 11) is 2.17. The second-order valence-electron chi connectivity index (χ2n) is 6.88. The summed E-state index contributed by atoms with van der Waals surface area (Å²) in [5.41, 5.74) is 4.94. The molecule has 126 valence electrons. The number of aryl methyl sites for hydroxylation is 2. The Labute approximate surface area is 144 Å². The van der Waals surface area contributed by atoms with Crippen LogP contribution >= 0.6 is 0 Å². The number of nitrogens with zero attached hydrogens (tertiary/aromatic N) is 2. The molecule has 0 N–H and O–H groups in total. The van der Waals surface area contributed by atoms with E-state index in [1.165, 1.54) is 5.56 Å². The van der Waals surface area contributed by atoms with Crippen LogP contribution in [0.15, 0.2) is 42.5 Å². The van der Waals surface area contributed by atoms with E-state index < -0.39 is 0 Å². The molecule has 0 unspecified atom stereocenters. The van der Waals surface area contributed by atoms with E-state index in [1.54, 1.807) is 0 Å². The van der Waals surface area contributed by atoms with Gasteiger partial charge < -0.3 is 4.90 Å². The molecule has 0 amide bonds. The number of hydrogen-bond donors (Lipinski definition) is 0. The zero-order chi connectivity index (χ0) is 17.1. The van der Waals surface area contributed by atoms with Crippen molar-refractivity contribution in [1.29, 1.82) is 0 Å². The van der Waals surface area contributed by atoms with E-state index in [1.807, 2.05) is 44.2 Å². The van der Waals surface area contributed by atoms with Crippen LogP contribution in [-0.4, -0.2) is 48.8 Å². The molecule has 0 spiro atoms. The van der Waals surface area contributed by atoms with E-state index >= 15 is 0 Å². The lowest BCUT2D eigenvalue weighted by Crippen LogP contribution is -2.43. The number of carbonyl (C=O) groups is 1. The Kier molecular flexibility index (Phi) is 5.12. The van der Waals surface area contributed by atoms with Gasteiger partial charge in [-0.1, -0.05) is 36.4 Å². The van der Waals surface area contributed by atoms with Crippen molar-refractivity contribution in [3.63, 3.8) is 0 Å². The van der Waals surface area contributed by atoms with Crippen molar-refractivity contribution in [2.24, 2.45) is 0 Å². The second-order valence-corrected chi connectivity index (χ2v) is 6.88. The minimum absolute atomic E-state index is 0.130. The molecule has 0 radical (unpaired) electrons. The maximum Gasteiger partial charge on any atom is 0.193 e. The van der Waals surface area contributed by atoms with Crippen molar-refractivity contribution in [3.05, 3.63) is 70.3 Å². The van der Waals surface area contributed by atoms with Crippen LogP contribution < -0.4 is 0 Å². The Morgan fingerprint density at radius 3 is 2.25 bits per heavy atom. The number of rotatable bonds is 4. The third-order valence-electron chi connectivity index (χ3n) is 4.90. The third-order valence-corrected chi connectivity index (χ3v) is 4.90. The molecule has 24 heavy (non-hydrogen) atoms. The molecule has 0 bridgehead atoms. The van der Waals surface area contributed by atoms with Gasteiger partial charge >= 0.3 is 0 Å². The van der Waals surface area contributed by atoms with E-state index in [0.29, 0.717) is 0 Å². The summed E-state index contributed by atoms with van der Waals surface area (Å²) in [6.45, 7) is 9.34. The molecule has 1 fully saturated rings. The average molecular weight is 322 g/mol. The molecule has 0 aromatic heterocycles. The highest BCUT2D eigenvalue weighted by atomic mass is 16.1. The van der Waals surface area contributed by atoms with E-state index in [9.17, 15) is 4.79 Å².